The maximum atomic E-state index is 12.7. The van der Waals surface area contributed by atoms with E-state index in [0.717, 1.165) is 0 Å². The van der Waals surface area contributed by atoms with Gasteiger partial charge in [-0.3, -0.25) is 14.4 Å². The Bertz CT molecular complexity index is 1100. The summed E-state index contributed by atoms with van der Waals surface area (Å²) in [5.41, 5.74) is 3.38. The second kappa shape index (κ2) is 13.2. The van der Waals surface area contributed by atoms with Crippen molar-refractivity contribution in [2.75, 3.05) is 32.9 Å². The van der Waals surface area contributed by atoms with Crippen LogP contribution >= 0.6 is 23.2 Å². The van der Waals surface area contributed by atoms with Gasteiger partial charge in [0, 0.05) is 18.1 Å². The number of nitrogens with one attached hydrogen (secondary N) is 2. The van der Waals surface area contributed by atoms with Gasteiger partial charge in [-0.15, -0.1) is 0 Å². The van der Waals surface area contributed by atoms with E-state index in [-0.39, 0.29) is 29.0 Å². The zero-order chi connectivity index (χ0) is 26.1. The molecule has 2 N–H and O–H groups in total. The number of morpholine rings is 1. The maximum Gasteiger partial charge on any atom is 0.262 e. The molecule has 1 atom stereocenters. The van der Waals surface area contributed by atoms with E-state index >= 15 is 0 Å². The van der Waals surface area contributed by atoms with E-state index in [1.165, 1.54) is 18.3 Å². The van der Waals surface area contributed by atoms with Gasteiger partial charge in [-0.05, 0) is 53.9 Å². The highest BCUT2D eigenvalue weighted by Gasteiger charge is 2.25. The van der Waals surface area contributed by atoms with Crippen LogP contribution in [-0.4, -0.2) is 67.8 Å². The summed E-state index contributed by atoms with van der Waals surface area (Å²) in [5.74, 6) is -0.705. The lowest BCUT2D eigenvalue weighted by Gasteiger charge is -2.26. The molecule has 11 heteroatoms. The van der Waals surface area contributed by atoms with Crippen LogP contribution < -0.4 is 15.5 Å². The van der Waals surface area contributed by atoms with E-state index < -0.39 is 17.9 Å². The van der Waals surface area contributed by atoms with Gasteiger partial charge in [0.1, 0.15) is 11.8 Å². The van der Waals surface area contributed by atoms with Crippen LogP contribution in [0.4, 0.5) is 0 Å². The molecule has 0 aromatic heterocycles. The molecule has 1 fully saturated rings. The molecule has 0 saturated carbocycles. The summed E-state index contributed by atoms with van der Waals surface area (Å²) in [5, 5.41) is 7.28. The summed E-state index contributed by atoms with van der Waals surface area (Å²) in [6, 6.07) is 10.6. The van der Waals surface area contributed by atoms with Gasteiger partial charge >= 0.3 is 0 Å². The van der Waals surface area contributed by atoms with Gasteiger partial charge in [0.25, 0.3) is 17.7 Å². The van der Waals surface area contributed by atoms with E-state index in [4.69, 9.17) is 32.7 Å². The molecule has 1 aliphatic heterocycles. The molecule has 36 heavy (non-hydrogen) atoms. The lowest BCUT2D eigenvalue weighted by molar-refractivity contribution is -0.137. The fourth-order valence-electron chi connectivity index (χ4n) is 3.37. The summed E-state index contributed by atoms with van der Waals surface area (Å²) in [6.45, 7) is 5.78. The molecule has 1 unspecified atom stereocenters. The number of halogens is 2. The number of rotatable bonds is 9. The van der Waals surface area contributed by atoms with Crippen LogP contribution in [0.25, 0.3) is 0 Å². The Morgan fingerprint density at radius 1 is 1.11 bits per heavy atom. The molecule has 3 rings (SSSR count). The molecule has 192 valence electrons. The number of hydrogen-bond acceptors (Lipinski definition) is 6. The predicted octanol–water partition coefficient (Wildman–Crippen LogP) is 3.14. The lowest BCUT2D eigenvalue weighted by atomic mass is 10.0. The van der Waals surface area contributed by atoms with Crippen molar-refractivity contribution in [1.29, 1.82) is 0 Å². The number of carbonyl (C=O) groups excluding carboxylic acids is 3. The number of benzene rings is 2. The fourth-order valence-corrected chi connectivity index (χ4v) is 3.86. The second-order valence-corrected chi connectivity index (χ2v) is 9.25. The molecule has 0 spiro atoms. The van der Waals surface area contributed by atoms with Crippen LogP contribution in [0.15, 0.2) is 47.6 Å². The molecule has 0 aliphatic carbocycles. The first-order chi connectivity index (χ1) is 17.2. The normalized spacial score (nSPS) is 14.5. The zero-order valence-electron chi connectivity index (χ0n) is 20.0. The van der Waals surface area contributed by atoms with Crippen molar-refractivity contribution in [3.63, 3.8) is 0 Å². The Morgan fingerprint density at radius 2 is 1.81 bits per heavy atom. The Balaban J connectivity index is 1.50. The summed E-state index contributed by atoms with van der Waals surface area (Å²) < 4.78 is 10.8. The van der Waals surface area contributed by atoms with Crippen LogP contribution in [-0.2, 0) is 14.3 Å². The summed E-state index contributed by atoms with van der Waals surface area (Å²) in [7, 11) is 0. The number of nitrogens with zero attached hydrogens (tertiary/aromatic N) is 2. The molecular formula is C25H28Cl2N4O5. The Labute approximate surface area is 219 Å². The van der Waals surface area contributed by atoms with Crippen LogP contribution in [0, 0.1) is 5.92 Å². The molecule has 1 aliphatic rings. The first-order valence-electron chi connectivity index (χ1n) is 11.4. The molecule has 3 amide bonds. The Hall–Kier alpha value is -3.14. The average molecular weight is 535 g/mol. The van der Waals surface area contributed by atoms with E-state index in [0.29, 0.717) is 42.6 Å². The van der Waals surface area contributed by atoms with E-state index in [2.05, 4.69) is 15.8 Å². The van der Waals surface area contributed by atoms with Crippen molar-refractivity contribution in [3.05, 3.63) is 63.6 Å². The second-order valence-electron chi connectivity index (χ2n) is 8.40. The summed E-state index contributed by atoms with van der Waals surface area (Å²) in [4.78, 5) is 39.1. The quantitative estimate of drug-likeness (QED) is 0.379. The largest absolute Gasteiger partial charge is 0.484 e. The van der Waals surface area contributed by atoms with E-state index in [1.54, 1.807) is 49.1 Å². The van der Waals surface area contributed by atoms with Crippen molar-refractivity contribution >= 4 is 47.1 Å². The smallest absolute Gasteiger partial charge is 0.262 e. The van der Waals surface area contributed by atoms with Gasteiger partial charge < -0.3 is 19.7 Å². The number of carbonyl (C=O) groups is 3. The predicted molar refractivity (Wildman–Crippen MR) is 138 cm³/mol. The minimum absolute atomic E-state index is 0.0486. The van der Waals surface area contributed by atoms with Crippen LogP contribution in [0.5, 0.6) is 5.75 Å². The zero-order valence-corrected chi connectivity index (χ0v) is 21.5. The molecule has 1 saturated heterocycles. The number of hydrazone groups is 1. The third-order valence-electron chi connectivity index (χ3n) is 5.41. The summed E-state index contributed by atoms with van der Waals surface area (Å²) >= 11 is 12.0. The minimum Gasteiger partial charge on any atom is -0.484 e. The lowest BCUT2D eigenvalue weighted by Crippen LogP contribution is -2.48. The number of hydrogen-bond donors (Lipinski definition) is 2. The maximum absolute atomic E-state index is 12.7. The minimum atomic E-state index is -0.832. The Kier molecular flexibility index (Phi) is 10.1. The van der Waals surface area contributed by atoms with Crippen LogP contribution in [0.3, 0.4) is 0 Å². The molecule has 2 aromatic rings. The van der Waals surface area contributed by atoms with Gasteiger partial charge in [-0.2, -0.15) is 5.10 Å². The molecule has 2 aromatic carbocycles. The SMILES string of the molecule is CC(C)C(NC(=O)c1ccc(Cl)cc1Cl)C(=O)NN=Cc1ccc(OCC(=O)N2CCOCC2)cc1. The van der Waals surface area contributed by atoms with E-state index in [1.807, 2.05) is 0 Å². The van der Waals surface area contributed by atoms with Crippen LogP contribution in [0.2, 0.25) is 10.0 Å². The molecular weight excluding hydrogens is 507 g/mol. The van der Waals surface area contributed by atoms with Crippen LogP contribution in [0.1, 0.15) is 29.8 Å². The monoisotopic (exact) mass is 534 g/mol. The van der Waals surface area contributed by atoms with Crippen molar-refractivity contribution in [3.8, 4) is 5.75 Å². The highest BCUT2D eigenvalue weighted by molar-refractivity contribution is 6.36. The van der Waals surface area contributed by atoms with Gasteiger partial charge in [-0.1, -0.05) is 37.0 Å². The third-order valence-corrected chi connectivity index (χ3v) is 5.95. The average Bonchev–Trinajstić information content (AvgIpc) is 2.86. The standard InChI is InChI=1S/C25H28Cl2N4O5/c1-16(2)23(29-24(33)20-8-5-18(26)13-21(20)27)25(34)30-28-14-17-3-6-19(7-4-17)36-15-22(32)31-9-11-35-12-10-31/h3-8,13-14,16,23H,9-12,15H2,1-2H3,(H,29,33)(H,30,34). The van der Waals surface area contributed by atoms with Crippen molar-refractivity contribution < 1.29 is 23.9 Å². The first kappa shape index (κ1) is 27.4. The number of ether oxygens (including phenoxy) is 2. The molecule has 1 heterocycles. The highest BCUT2D eigenvalue weighted by Crippen LogP contribution is 2.21. The van der Waals surface area contributed by atoms with Gasteiger partial charge in [0.05, 0.1) is 30.0 Å². The first-order valence-corrected chi connectivity index (χ1v) is 12.2. The molecule has 0 bridgehead atoms. The van der Waals surface area contributed by atoms with Crippen molar-refractivity contribution in [2.45, 2.75) is 19.9 Å². The topological polar surface area (TPSA) is 109 Å². The molecule has 9 nitrogen and oxygen atoms in total. The molecule has 0 radical (unpaired) electrons. The fraction of sp³-hybridized carbons (Fsp3) is 0.360. The van der Waals surface area contributed by atoms with Gasteiger partial charge in [0.2, 0.25) is 0 Å². The van der Waals surface area contributed by atoms with Crippen molar-refractivity contribution in [1.82, 2.24) is 15.6 Å². The van der Waals surface area contributed by atoms with Crippen molar-refractivity contribution in [2.24, 2.45) is 11.0 Å². The third kappa shape index (κ3) is 7.94. The van der Waals surface area contributed by atoms with E-state index in [9.17, 15) is 14.4 Å². The van der Waals surface area contributed by atoms with Gasteiger partial charge in [-0.25, -0.2) is 5.43 Å². The summed E-state index contributed by atoms with van der Waals surface area (Å²) in [6.07, 6.45) is 1.47. The Morgan fingerprint density at radius 3 is 2.44 bits per heavy atom. The number of amides is 3. The highest BCUT2D eigenvalue weighted by atomic mass is 35.5. The van der Waals surface area contributed by atoms with Gasteiger partial charge in [0.15, 0.2) is 6.61 Å².